The quantitative estimate of drug-likeness (QED) is 0.821. The number of nitrogens with one attached hydrogen (secondary N) is 2. The van der Waals surface area contributed by atoms with Crippen molar-refractivity contribution in [1.82, 2.24) is 10.9 Å². The molecule has 2 N–H and O–H groups in total. The maximum atomic E-state index is 11.8. The van der Waals surface area contributed by atoms with Gasteiger partial charge in [-0.05, 0) is 18.4 Å². The standard InChI is InChI=1S/C16H22N2O3/c1-20-16(19)15-12-8-5-9-13(14(12)17-18-15)21-10-11-6-3-2-4-7-11/h2-4,6-7,12-15,17-18H,5,8-10H2,1H3. The molecule has 5 heteroatoms. The summed E-state index contributed by atoms with van der Waals surface area (Å²) < 4.78 is 11.0. The van der Waals surface area contributed by atoms with E-state index in [1.807, 2.05) is 18.2 Å². The molecule has 2 aliphatic rings. The van der Waals surface area contributed by atoms with Crippen LogP contribution in [0.2, 0.25) is 0 Å². The lowest BCUT2D eigenvalue weighted by molar-refractivity contribution is -0.144. The summed E-state index contributed by atoms with van der Waals surface area (Å²) in [5.74, 6) is 0.0469. The number of benzene rings is 1. The monoisotopic (exact) mass is 290 g/mol. The maximum absolute atomic E-state index is 11.8. The largest absolute Gasteiger partial charge is 0.468 e. The molecule has 1 aliphatic carbocycles. The van der Waals surface area contributed by atoms with Crippen LogP contribution < -0.4 is 10.9 Å². The minimum absolute atomic E-state index is 0.131. The summed E-state index contributed by atoms with van der Waals surface area (Å²) in [6, 6.07) is 10.1. The highest BCUT2D eigenvalue weighted by atomic mass is 16.5. The van der Waals surface area contributed by atoms with Gasteiger partial charge in [-0.25, -0.2) is 5.43 Å². The summed E-state index contributed by atoms with van der Waals surface area (Å²) in [7, 11) is 1.43. The van der Waals surface area contributed by atoms with Gasteiger partial charge in [-0.2, -0.15) is 0 Å². The normalized spacial score (nSPS) is 31.7. The van der Waals surface area contributed by atoms with Gasteiger partial charge in [-0.3, -0.25) is 10.2 Å². The number of carbonyl (C=O) groups excluding carboxylic acids is 1. The first-order valence-corrected chi connectivity index (χ1v) is 7.54. The van der Waals surface area contributed by atoms with Crippen LogP contribution in [0.25, 0.3) is 0 Å². The van der Waals surface area contributed by atoms with Crippen molar-refractivity contribution in [2.75, 3.05) is 7.11 Å². The van der Waals surface area contributed by atoms with Crippen molar-refractivity contribution in [3.8, 4) is 0 Å². The lowest BCUT2D eigenvalue weighted by atomic mass is 9.80. The first-order chi connectivity index (χ1) is 10.3. The molecule has 1 aromatic carbocycles. The Morgan fingerprint density at radius 3 is 2.81 bits per heavy atom. The van der Waals surface area contributed by atoms with E-state index in [1.165, 1.54) is 12.7 Å². The second-order valence-corrected chi connectivity index (χ2v) is 5.75. The van der Waals surface area contributed by atoms with Crippen molar-refractivity contribution in [3.63, 3.8) is 0 Å². The number of rotatable bonds is 4. The van der Waals surface area contributed by atoms with Crippen LogP contribution >= 0.6 is 0 Å². The Kier molecular flexibility index (Phi) is 4.53. The molecule has 1 saturated carbocycles. The van der Waals surface area contributed by atoms with Gasteiger partial charge >= 0.3 is 5.97 Å². The van der Waals surface area contributed by atoms with Crippen LogP contribution in [-0.2, 0) is 20.9 Å². The molecular formula is C16H22N2O3. The molecule has 4 unspecified atom stereocenters. The molecule has 2 fully saturated rings. The fraction of sp³-hybridized carbons (Fsp3) is 0.562. The summed E-state index contributed by atoms with van der Waals surface area (Å²) >= 11 is 0. The number of fused-ring (bicyclic) bond motifs is 1. The van der Waals surface area contributed by atoms with E-state index in [2.05, 4.69) is 23.0 Å². The SMILES string of the molecule is COC(=O)C1NNC2C(OCc3ccccc3)CCCC12. The third-order valence-corrected chi connectivity index (χ3v) is 4.48. The number of hydrazine groups is 1. The first-order valence-electron chi connectivity index (χ1n) is 7.54. The molecule has 1 aromatic rings. The predicted molar refractivity (Wildman–Crippen MR) is 78.2 cm³/mol. The highest BCUT2D eigenvalue weighted by Crippen LogP contribution is 2.32. The summed E-state index contributed by atoms with van der Waals surface area (Å²) in [5, 5.41) is 0. The zero-order valence-electron chi connectivity index (χ0n) is 12.2. The summed E-state index contributed by atoms with van der Waals surface area (Å²) in [5.41, 5.74) is 7.48. The molecule has 0 aromatic heterocycles. The molecular weight excluding hydrogens is 268 g/mol. The Morgan fingerprint density at radius 2 is 2.05 bits per heavy atom. The lowest BCUT2D eigenvalue weighted by Gasteiger charge is -2.33. The van der Waals surface area contributed by atoms with E-state index in [4.69, 9.17) is 9.47 Å². The molecule has 3 rings (SSSR count). The summed E-state index contributed by atoms with van der Waals surface area (Å²) in [4.78, 5) is 11.8. The Hall–Kier alpha value is -1.43. The van der Waals surface area contributed by atoms with Gasteiger partial charge < -0.3 is 9.47 Å². The molecule has 0 radical (unpaired) electrons. The molecule has 1 heterocycles. The second kappa shape index (κ2) is 6.56. The zero-order chi connectivity index (χ0) is 14.7. The Labute approximate surface area is 125 Å². The van der Waals surface area contributed by atoms with Crippen molar-refractivity contribution >= 4 is 5.97 Å². The number of hydrogen-bond acceptors (Lipinski definition) is 5. The fourth-order valence-corrected chi connectivity index (χ4v) is 3.38. The van der Waals surface area contributed by atoms with Gasteiger partial charge in [0, 0.05) is 5.92 Å². The topological polar surface area (TPSA) is 59.6 Å². The van der Waals surface area contributed by atoms with Crippen LogP contribution in [0.3, 0.4) is 0 Å². The number of hydrogen-bond donors (Lipinski definition) is 2. The molecule has 0 spiro atoms. The van der Waals surface area contributed by atoms with Gasteiger partial charge in [0.05, 0.1) is 25.9 Å². The molecule has 1 aliphatic heterocycles. The number of methoxy groups -OCH3 is 1. The van der Waals surface area contributed by atoms with Crippen molar-refractivity contribution in [3.05, 3.63) is 35.9 Å². The summed E-state index contributed by atoms with van der Waals surface area (Å²) in [6.07, 6.45) is 3.26. The fourth-order valence-electron chi connectivity index (χ4n) is 3.38. The van der Waals surface area contributed by atoms with Crippen molar-refractivity contribution < 1.29 is 14.3 Å². The molecule has 1 saturated heterocycles. The van der Waals surface area contributed by atoms with Gasteiger partial charge in [0.1, 0.15) is 6.04 Å². The molecule has 21 heavy (non-hydrogen) atoms. The Morgan fingerprint density at radius 1 is 1.24 bits per heavy atom. The van der Waals surface area contributed by atoms with E-state index < -0.39 is 0 Å². The minimum Gasteiger partial charge on any atom is -0.468 e. The van der Waals surface area contributed by atoms with Crippen LogP contribution in [0, 0.1) is 5.92 Å². The van der Waals surface area contributed by atoms with E-state index >= 15 is 0 Å². The van der Waals surface area contributed by atoms with Gasteiger partial charge in [0.25, 0.3) is 0 Å². The summed E-state index contributed by atoms with van der Waals surface area (Å²) in [6.45, 7) is 0.610. The van der Waals surface area contributed by atoms with Crippen molar-refractivity contribution in [2.24, 2.45) is 5.92 Å². The first kappa shape index (κ1) is 14.5. The molecule has 0 bridgehead atoms. The van der Waals surface area contributed by atoms with E-state index in [0.717, 1.165) is 19.3 Å². The smallest absolute Gasteiger partial charge is 0.324 e. The lowest BCUT2D eigenvalue weighted by Crippen LogP contribution is -2.45. The van der Waals surface area contributed by atoms with Gasteiger partial charge in [0.2, 0.25) is 0 Å². The van der Waals surface area contributed by atoms with Gasteiger partial charge in [-0.1, -0.05) is 36.8 Å². The number of esters is 1. The highest BCUT2D eigenvalue weighted by Gasteiger charge is 2.46. The average molecular weight is 290 g/mol. The number of carbonyl (C=O) groups is 1. The van der Waals surface area contributed by atoms with Crippen molar-refractivity contribution in [1.29, 1.82) is 0 Å². The third kappa shape index (κ3) is 3.10. The predicted octanol–water partition coefficient (Wildman–Crippen LogP) is 1.39. The van der Waals surface area contributed by atoms with Crippen LogP contribution in [0.1, 0.15) is 24.8 Å². The van der Waals surface area contributed by atoms with E-state index in [1.54, 1.807) is 0 Å². The third-order valence-electron chi connectivity index (χ3n) is 4.48. The minimum atomic E-state index is -0.261. The van der Waals surface area contributed by atoms with Crippen LogP contribution in [-0.4, -0.2) is 31.3 Å². The zero-order valence-corrected chi connectivity index (χ0v) is 12.2. The van der Waals surface area contributed by atoms with Crippen LogP contribution in [0.5, 0.6) is 0 Å². The maximum Gasteiger partial charge on any atom is 0.324 e. The molecule has 0 amide bonds. The van der Waals surface area contributed by atoms with E-state index in [9.17, 15) is 4.79 Å². The van der Waals surface area contributed by atoms with E-state index in [-0.39, 0.29) is 30.1 Å². The average Bonchev–Trinajstić information content (AvgIpc) is 2.97. The molecule has 4 atom stereocenters. The second-order valence-electron chi connectivity index (χ2n) is 5.75. The number of ether oxygens (including phenoxy) is 2. The van der Waals surface area contributed by atoms with Gasteiger partial charge in [0.15, 0.2) is 0 Å². The highest BCUT2D eigenvalue weighted by molar-refractivity contribution is 5.76. The van der Waals surface area contributed by atoms with Crippen LogP contribution in [0.4, 0.5) is 0 Å². The molecule has 5 nitrogen and oxygen atoms in total. The Balaban J connectivity index is 1.61. The van der Waals surface area contributed by atoms with Gasteiger partial charge in [-0.15, -0.1) is 0 Å². The van der Waals surface area contributed by atoms with E-state index in [0.29, 0.717) is 6.61 Å². The Bertz CT molecular complexity index is 480. The van der Waals surface area contributed by atoms with Crippen LogP contribution in [0.15, 0.2) is 30.3 Å². The molecule has 114 valence electrons. The van der Waals surface area contributed by atoms with Crippen molar-refractivity contribution in [2.45, 2.75) is 44.1 Å².